The Bertz CT molecular complexity index is 486. The summed E-state index contributed by atoms with van der Waals surface area (Å²) in [5.74, 6) is -0.977. The molecule has 0 aromatic heterocycles. The second-order valence-corrected chi connectivity index (χ2v) is 4.82. The number of carbonyl (C=O) groups is 1. The molecule has 0 radical (unpaired) electrons. The summed E-state index contributed by atoms with van der Waals surface area (Å²) in [6.45, 7) is 5.58. The molecule has 6 heteroatoms. The molecule has 0 bridgehead atoms. The van der Waals surface area contributed by atoms with Crippen molar-refractivity contribution in [2.75, 3.05) is 0 Å². The number of carboxylic acid groups (broad SMARTS) is 1. The summed E-state index contributed by atoms with van der Waals surface area (Å²) in [5, 5.41) is 22.8. The highest BCUT2D eigenvalue weighted by Gasteiger charge is 2.20. The summed E-state index contributed by atoms with van der Waals surface area (Å²) in [6, 6.07) is 4.23. The van der Waals surface area contributed by atoms with Gasteiger partial charge in [-0.3, -0.25) is 14.9 Å². The number of nitro groups is 1. The van der Waals surface area contributed by atoms with E-state index >= 15 is 0 Å². The van der Waals surface area contributed by atoms with Crippen LogP contribution in [0.3, 0.4) is 0 Å². The molecule has 104 valence electrons. The van der Waals surface area contributed by atoms with E-state index in [0.29, 0.717) is 11.1 Å². The van der Waals surface area contributed by atoms with Crippen molar-refractivity contribution in [3.8, 4) is 0 Å². The number of rotatable bonds is 6. The lowest BCUT2D eigenvalue weighted by Gasteiger charge is -2.17. The van der Waals surface area contributed by atoms with E-state index in [1.807, 2.05) is 13.8 Å². The number of aliphatic carboxylic acids is 1. The Hall–Kier alpha value is -1.95. The summed E-state index contributed by atoms with van der Waals surface area (Å²) in [7, 11) is 0. The van der Waals surface area contributed by atoms with Crippen LogP contribution in [0.2, 0.25) is 0 Å². The fourth-order valence-corrected chi connectivity index (χ4v) is 1.80. The van der Waals surface area contributed by atoms with E-state index < -0.39 is 16.9 Å². The predicted molar refractivity (Wildman–Crippen MR) is 70.9 cm³/mol. The molecular formula is C13H18N2O4. The lowest BCUT2D eigenvalue weighted by Crippen LogP contribution is -2.40. The minimum atomic E-state index is -0.920. The number of hydrogen-bond donors (Lipinski definition) is 2. The van der Waals surface area contributed by atoms with Crippen molar-refractivity contribution in [1.82, 2.24) is 5.32 Å². The van der Waals surface area contributed by atoms with Gasteiger partial charge in [0.1, 0.15) is 6.04 Å². The zero-order valence-electron chi connectivity index (χ0n) is 11.2. The molecule has 0 amide bonds. The fraction of sp³-hybridized carbons (Fsp3) is 0.462. The van der Waals surface area contributed by atoms with E-state index in [4.69, 9.17) is 5.11 Å². The van der Waals surface area contributed by atoms with Gasteiger partial charge in [0.2, 0.25) is 0 Å². The first-order valence-corrected chi connectivity index (χ1v) is 6.03. The highest BCUT2D eigenvalue weighted by molar-refractivity contribution is 5.73. The Labute approximate surface area is 111 Å². The van der Waals surface area contributed by atoms with Crippen LogP contribution in [0.15, 0.2) is 18.2 Å². The van der Waals surface area contributed by atoms with Gasteiger partial charge in [-0.1, -0.05) is 26.0 Å². The Kier molecular flexibility index (Phi) is 5.00. The fourth-order valence-electron chi connectivity index (χ4n) is 1.80. The van der Waals surface area contributed by atoms with E-state index in [9.17, 15) is 14.9 Å². The van der Waals surface area contributed by atoms with Crippen molar-refractivity contribution in [3.63, 3.8) is 0 Å². The topological polar surface area (TPSA) is 92.5 Å². The SMILES string of the molecule is Cc1ccc(CN[C@@H](C(=O)O)C(C)C)cc1[N+](=O)[O-]. The third-order valence-corrected chi connectivity index (χ3v) is 2.93. The van der Waals surface area contributed by atoms with Gasteiger partial charge in [0.25, 0.3) is 5.69 Å². The first-order chi connectivity index (χ1) is 8.82. The normalized spacial score (nSPS) is 12.4. The molecule has 0 saturated carbocycles. The van der Waals surface area contributed by atoms with Gasteiger partial charge in [0.15, 0.2) is 0 Å². The molecule has 2 N–H and O–H groups in total. The third-order valence-electron chi connectivity index (χ3n) is 2.93. The van der Waals surface area contributed by atoms with Gasteiger partial charge in [-0.2, -0.15) is 0 Å². The van der Waals surface area contributed by atoms with Gasteiger partial charge >= 0.3 is 5.97 Å². The molecule has 0 unspecified atom stereocenters. The lowest BCUT2D eigenvalue weighted by molar-refractivity contribution is -0.385. The number of carboxylic acids is 1. The van der Waals surface area contributed by atoms with Crippen molar-refractivity contribution in [2.24, 2.45) is 5.92 Å². The van der Waals surface area contributed by atoms with Crippen LogP contribution in [-0.4, -0.2) is 22.0 Å². The molecular weight excluding hydrogens is 248 g/mol. The molecule has 0 spiro atoms. The molecule has 0 saturated heterocycles. The van der Waals surface area contributed by atoms with Crippen LogP contribution in [-0.2, 0) is 11.3 Å². The smallest absolute Gasteiger partial charge is 0.320 e. The van der Waals surface area contributed by atoms with E-state index in [2.05, 4.69) is 5.32 Å². The second kappa shape index (κ2) is 6.29. The minimum Gasteiger partial charge on any atom is -0.480 e. The summed E-state index contributed by atoms with van der Waals surface area (Å²) >= 11 is 0. The highest BCUT2D eigenvalue weighted by atomic mass is 16.6. The molecule has 0 fully saturated rings. The zero-order chi connectivity index (χ0) is 14.6. The maximum Gasteiger partial charge on any atom is 0.320 e. The number of benzene rings is 1. The number of nitro benzene ring substituents is 1. The van der Waals surface area contributed by atoms with Crippen LogP contribution in [0.5, 0.6) is 0 Å². The van der Waals surface area contributed by atoms with Gasteiger partial charge in [0, 0.05) is 18.2 Å². The first kappa shape index (κ1) is 15.1. The van der Waals surface area contributed by atoms with Crippen LogP contribution in [0.1, 0.15) is 25.0 Å². The lowest BCUT2D eigenvalue weighted by atomic mass is 10.0. The standard InChI is InChI=1S/C13H18N2O4/c1-8(2)12(13(16)17)14-7-10-5-4-9(3)11(6-10)15(18)19/h4-6,8,12,14H,7H2,1-3H3,(H,16,17)/t12-/m1/s1. The van der Waals surface area contributed by atoms with Crippen LogP contribution in [0, 0.1) is 23.0 Å². The van der Waals surface area contributed by atoms with Gasteiger partial charge in [-0.05, 0) is 18.4 Å². The minimum absolute atomic E-state index is 0.0516. The largest absolute Gasteiger partial charge is 0.480 e. The maximum atomic E-state index is 11.0. The van der Waals surface area contributed by atoms with Crippen molar-refractivity contribution in [1.29, 1.82) is 0 Å². The number of nitrogens with zero attached hydrogens (tertiary/aromatic N) is 1. The summed E-state index contributed by atoms with van der Waals surface area (Å²) in [4.78, 5) is 21.4. The zero-order valence-corrected chi connectivity index (χ0v) is 11.2. The third kappa shape index (κ3) is 4.03. The van der Waals surface area contributed by atoms with E-state index in [-0.39, 0.29) is 18.2 Å². The first-order valence-electron chi connectivity index (χ1n) is 6.03. The second-order valence-electron chi connectivity index (χ2n) is 4.82. The summed E-state index contributed by atoms with van der Waals surface area (Å²) in [6.07, 6.45) is 0. The van der Waals surface area contributed by atoms with E-state index in [1.54, 1.807) is 19.1 Å². The molecule has 0 aliphatic heterocycles. The average Bonchev–Trinajstić information content (AvgIpc) is 2.30. The Morgan fingerprint density at radius 3 is 2.58 bits per heavy atom. The maximum absolute atomic E-state index is 11.0. The quantitative estimate of drug-likeness (QED) is 0.607. The van der Waals surface area contributed by atoms with Gasteiger partial charge in [-0.25, -0.2) is 0 Å². The molecule has 19 heavy (non-hydrogen) atoms. The molecule has 0 heterocycles. The predicted octanol–water partition coefficient (Wildman–Crippen LogP) is 2.10. The van der Waals surface area contributed by atoms with Gasteiger partial charge in [0.05, 0.1) is 4.92 Å². The number of aryl methyl sites for hydroxylation is 1. The molecule has 6 nitrogen and oxygen atoms in total. The van der Waals surface area contributed by atoms with Crippen molar-refractivity contribution < 1.29 is 14.8 Å². The van der Waals surface area contributed by atoms with Crippen molar-refractivity contribution in [2.45, 2.75) is 33.4 Å². The Morgan fingerprint density at radius 2 is 2.11 bits per heavy atom. The van der Waals surface area contributed by atoms with Crippen molar-refractivity contribution in [3.05, 3.63) is 39.4 Å². The Balaban J connectivity index is 2.80. The van der Waals surface area contributed by atoms with Crippen molar-refractivity contribution >= 4 is 11.7 Å². The number of hydrogen-bond acceptors (Lipinski definition) is 4. The van der Waals surface area contributed by atoms with E-state index in [1.165, 1.54) is 6.07 Å². The van der Waals surface area contributed by atoms with Crippen LogP contribution < -0.4 is 5.32 Å². The van der Waals surface area contributed by atoms with Crippen LogP contribution >= 0.6 is 0 Å². The summed E-state index contributed by atoms with van der Waals surface area (Å²) < 4.78 is 0. The molecule has 1 atom stereocenters. The van der Waals surface area contributed by atoms with Gasteiger partial charge < -0.3 is 10.4 Å². The number of nitrogens with one attached hydrogen (secondary N) is 1. The van der Waals surface area contributed by atoms with Crippen LogP contribution in [0.4, 0.5) is 5.69 Å². The molecule has 0 aliphatic rings. The molecule has 1 aromatic rings. The van der Waals surface area contributed by atoms with Crippen LogP contribution in [0.25, 0.3) is 0 Å². The highest BCUT2D eigenvalue weighted by Crippen LogP contribution is 2.19. The molecule has 1 aromatic carbocycles. The Morgan fingerprint density at radius 1 is 1.47 bits per heavy atom. The van der Waals surface area contributed by atoms with Gasteiger partial charge in [-0.15, -0.1) is 0 Å². The van der Waals surface area contributed by atoms with E-state index in [0.717, 1.165) is 0 Å². The molecule has 0 aliphatic carbocycles. The molecule has 1 rings (SSSR count). The average molecular weight is 266 g/mol. The monoisotopic (exact) mass is 266 g/mol. The summed E-state index contributed by atoms with van der Waals surface area (Å²) in [5.41, 5.74) is 1.34.